The zero-order valence-electron chi connectivity index (χ0n) is 22.5. The molecule has 0 saturated carbocycles. The van der Waals surface area contributed by atoms with E-state index < -0.39 is 9.84 Å². The van der Waals surface area contributed by atoms with Gasteiger partial charge in [0.25, 0.3) is 0 Å². The molecular weight excluding hydrogens is 536 g/mol. The van der Waals surface area contributed by atoms with Gasteiger partial charge in [-0.25, -0.2) is 13.4 Å². The molecule has 7 aromatic rings. The van der Waals surface area contributed by atoms with Gasteiger partial charge in [-0.05, 0) is 64.2 Å². The van der Waals surface area contributed by atoms with E-state index in [4.69, 9.17) is 4.98 Å². The fraction of sp³-hybridized carbons (Fsp3) is 0. The van der Waals surface area contributed by atoms with E-state index in [1.165, 1.54) is 0 Å². The summed E-state index contributed by atoms with van der Waals surface area (Å²) in [5, 5.41) is 0. The first-order valence-electron chi connectivity index (χ1n) is 13.8. The highest BCUT2D eigenvalue weighted by atomic mass is 32.2. The molecule has 1 aliphatic rings. The van der Waals surface area contributed by atoms with E-state index in [2.05, 4.69) is 42.5 Å². The van der Waals surface area contributed by atoms with Crippen molar-refractivity contribution in [3.8, 4) is 50.5 Å². The van der Waals surface area contributed by atoms with E-state index in [9.17, 15) is 8.42 Å². The summed E-state index contributed by atoms with van der Waals surface area (Å²) in [5.41, 5.74) is 8.49. The topological polar surface area (TPSA) is 52.0 Å². The minimum atomic E-state index is -3.87. The third-order valence-corrected chi connectivity index (χ3v) is 9.80. The molecule has 0 N–H and O–H groups in total. The highest BCUT2D eigenvalue weighted by Crippen LogP contribution is 2.46. The highest BCUT2D eigenvalue weighted by molar-refractivity contribution is 7.92. The Hall–Kier alpha value is -5.26. The summed E-state index contributed by atoms with van der Waals surface area (Å²) < 4.78 is 31.0. The number of nitrogens with zero attached hydrogens (tertiary/aromatic N) is 2. The van der Waals surface area contributed by atoms with Gasteiger partial charge in [0.15, 0.2) is 0 Å². The average Bonchev–Trinajstić information content (AvgIpc) is 3.45. The SMILES string of the molecule is O=S1(=O)c2c(-c3cc(-c4ccccc4)cc(-c4ccccc4)c3)cccc2-n2c(-c3ccccc3)nc3cccc1c32. The molecule has 8 rings (SSSR count). The van der Waals surface area contributed by atoms with Crippen LogP contribution in [0.15, 0.2) is 155 Å². The summed E-state index contributed by atoms with van der Waals surface area (Å²) >= 11 is 0. The van der Waals surface area contributed by atoms with Crippen LogP contribution in [0.25, 0.3) is 61.5 Å². The molecule has 5 heteroatoms. The second-order valence-corrected chi connectivity index (χ2v) is 12.3. The predicted octanol–water partition coefficient (Wildman–Crippen LogP) is 8.84. The molecule has 0 radical (unpaired) electrons. The van der Waals surface area contributed by atoms with Crippen LogP contribution in [0.4, 0.5) is 0 Å². The summed E-state index contributed by atoms with van der Waals surface area (Å²) in [6.07, 6.45) is 0. The highest BCUT2D eigenvalue weighted by Gasteiger charge is 2.36. The molecular formula is C37H24N2O2S. The van der Waals surface area contributed by atoms with Crippen molar-refractivity contribution < 1.29 is 8.42 Å². The van der Waals surface area contributed by atoms with Gasteiger partial charge >= 0.3 is 0 Å². The van der Waals surface area contributed by atoms with Gasteiger partial charge in [-0.1, -0.05) is 109 Å². The van der Waals surface area contributed by atoms with Crippen LogP contribution >= 0.6 is 0 Å². The molecule has 0 aliphatic carbocycles. The van der Waals surface area contributed by atoms with Gasteiger partial charge in [-0.15, -0.1) is 0 Å². The lowest BCUT2D eigenvalue weighted by atomic mass is 9.93. The largest absolute Gasteiger partial charge is 0.290 e. The summed E-state index contributed by atoms with van der Waals surface area (Å²) in [6, 6.07) is 47.8. The van der Waals surface area contributed by atoms with Crippen molar-refractivity contribution in [2.24, 2.45) is 0 Å². The number of aromatic nitrogens is 2. The smallest absolute Gasteiger partial charge is 0.211 e. The second-order valence-electron chi connectivity index (χ2n) is 10.4. The van der Waals surface area contributed by atoms with Crippen LogP contribution in [-0.4, -0.2) is 18.0 Å². The Morgan fingerprint density at radius 2 is 1.05 bits per heavy atom. The van der Waals surface area contributed by atoms with Crippen molar-refractivity contribution in [1.29, 1.82) is 0 Å². The van der Waals surface area contributed by atoms with Crippen molar-refractivity contribution in [2.75, 3.05) is 0 Å². The number of benzene rings is 6. The predicted molar refractivity (Wildman–Crippen MR) is 168 cm³/mol. The average molecular weight is 561 g/mol. The zero-order valence-corrected chi connectivity index (χ0v) is 23.3. The van der Waals surface area contributed by atoms with Gasteiger partial charge in [0.1, 0.15) is 10.7 Å². The van der Waals surface area contributed by atoms with Crippen molar-refractivity contribution in [3.05, 3.63) is 146 Å². The molecule has 1 aliphatic heterocycles. The normalized spacial score (nSPS) is 13.1. The molecule has 0 bridgehead atoms. The molecule has 0 fully saturated rings. The first-order valence-corrected chi connectivity index (χ1v) is 15.3. The lowest BCUT2D eigenvalue weighted by Crippen LogP contribution is -2.16. The van der Waals surface area contributed by atoms with Gasteiger partial charge in [-0.2, -0.15) is 0 Å². The number of sulfone groups is 1. The molecule has 200 valence electrons. The number of rotatable bonds is 4. The quantitative estimate of drug-likeness (QED) is 0.216. The Morgan fingerprint density at radius 1 is 0.500 bits per heavy atom. The Morgan fingerprint density at radius 3 is 1.67 bits per heavy atom. The van der Waals surface area contributed by atoms with Crippen LogP contribution in [0.5, 0.6) is 0 Å². The van der Waals surface area contributed by atoms with Crippen LogP contribution < -0.4 is 0 Å². The molecule has 4 nitrogen and oxygen atoms in total. The molecule has 42 heavy (non-hydrogen) atoms. The van der Waals surface area contributed by atoms with E-state index in [1.54, 1.807) is 12.1 Å². The standard InChI is InChI=1S/C37H24N2O2S/c40-42(41)34-21-11-19-32-35(34)39(37(38-32)27-16-8-3-9-17-27)33-20-10-18-31(36(33)42)30-23-28(25-12-4-1-5-13-25)22-29(24-30)26-14-6-2-7-15-26/h1-24H. The Labute approximate surface area is 244 Å². The monoisotopic (exact) mass is 560 g/mol. The van der Waals surface area contributed by atoms with Crippen molar-refractivity contribution in [3.63, 3.8) is 0 Å². The fourth-order valence-electron chi connectivity index (χ4n) is 6.03. The zero-order chi connectivity index (χ0) is 28.3. The minimum Gasteiger partial charge on any atom is -0.290 e. The molecule has 0 saturated heterocycles. The van der Waals surface area contributed by atoms with Gasteiger partial charge < -0.3 is 0 Å². The maximum atomic E-state index is 14.5. The number of fused-ring (bicyclic) bond motifs is 2. The lowest BCUT2D eigenvalue weighted by Gasteiger charge is -2.24. The summed E-state index contributed by atoms with van der Waals surface area (Å²) in [7, 11) is -3.87. The maximum absolute atomic E-state index is 14.5. The summed E-state index contributed by atoms with van der Waals surface area (Å²) in [4.78, 5) is 5.50. The van der Waals surface area contributed by atoms with Crippen LogP contribution in [-0.2, 0) is 9.84 Å². The van der Waals surface area contributed by atoms with Gasteiger partial charge in [0, 0.05) is 11.1 Å². The third kappa shape index (κ3) is 3.75. The number of hydrogen-bond donors (Lipinski definition) is 0. The van der Waals surface area contributed by atoms with Crippen molar-refractivity contribution in [1.82, 2.24) is 9.55 Å². The Balaban J connectivity index is 1.45. The molecule has 0 atom stereocenters. The lowest BCUT2D eigenvalue weighted by molar-refractivity contribution is 0.595. The number of hydrogen-bond acceptors (Lipinski definition) is 3. The van der Waals surface area contributed by atoms with Crippen molar-refractivity contribution >= 4 is 20.9 Å². The van der Waals surface area contributed by atoms with Crippen LogP contribution in [0.2, 0.25) is 0 Å². The van der Waals surface area contributed by atoms with Crippen LogP contribution in [0.1, 0.15) is 0 Å². The molecule has 0 amide bonds. The fourth-order valence-corrected chi connectivity index (χ4v) is 7.86. The summed E-state index contributed by atoms with van der Waals surface area (Å²) in [5.74, 6) is 0.717. The molecule has 1 aromatic heterocycles. The van der Waals surface area contributed by atoms with E-state index in [1.807, 2.05) is 95.6 Å². The second kappa shape index (κ2) is 9.40. The maximum Gasteiger partial charge on any atom is 0.211 e. The van der Waals surface area contributed by atoms with Crippen LogP contribution in [0.3, 0.4) is 0 Å². The molecule has 2 heterocycles. The minimum absolute atomic E-state index is 0.275. The number of para-hydroxylation sites is 1. The van der Waals surface area contributed by atoms with Gasteiger partial charge in [-0.3, -0.25) is 4.57 Å². The van der Waals surface area contributed by atoms with E-state index >= 15 is 0 Å². The van der Waals surface area contributed by atoms with E-state index in [0.29, 0.717) is 27.2 Å². The Bertz CT molecular complexity index is 2180. The first-order chi connectivity index (χ1) is 20.6. The molecule has 0 spiro atoms. The van der Waals surface area contributed by atoms with E-state index in [0.717, 1.165) is 39.2 Å². The third-order valence-electron chi connectivity index (χ3n) is 7.92. The van der Waals surface area contributed by atoms with Gasteiger partial charge in [0.2, 0.25) is 9.84 Å². The van der Waals surface area contributed by atoms with Crippen LogP contribution in [0, 0.1) is 0 Å². The Kier molecular flexibility index (Phi) is 5.49. The van der Waals surface area contributed by atoms with Gasteiger partial charge in [0.05, 0.1) is 21.6 Å². The molecule has 6 aromatic carbocycles. The molecule has 0 unspecified atom stereocenters. The van der Waals surface area contributed by atoms with Crippen molar-refractivity contribution in [2.45, 2.75) is 9.79 Å². The van der Waals surface area contributed by atoms with E-state index in [-0.39, 0.29) is 4.90 Å². The summed E-state index contributed by atoms with van der Waals surface area (Å²) in [6.45, 7) is 0. The first kappa shape index (κ1) is 24.5. The number of imidazole rings is 1.